The quantitative estimate of drug-likeness (QED) is 0.589. The van der Waals surface area contributed by atoms with E-state index in [-0.39, 0.29) is 18.3 Å². The van der Waals surface area contributed by atoms with Gasteiger partial charge in [-0.25, -0.2) is 4.39 Å². The third-order valence-electron chi connectivity index (χ3n) is 2.94. The molecular formula is C14H19F4NO. The predicted octanol–water partition coefficient (Wildman–Crippen LogP) is 3.30. The second-order valence-electron chi connectivity index (χ2n) is 4.74. The molecule has 0 amide bonds. The lowest BCUT2D eigenvalue weighted by atomic mass is 9.95. The lowest BCUT2D eigenvalue weighted by molar-refractivity contribution is -0.174. The molecule has 0 aliphatic rings. The van der Waals surface area contributed by atoms with E-state index in [1.165, 1.54) is 12.1 Å². The standard InChI is InChI=1S/C14H19F4NO/c15-13-5-3-11(4-6-13)8-12(9-19)2-1-7-20-10-14(16,17)18/h3-6,12H,1-2,7-10,19H2. The molecule has 6 heteroatoms. The van der Waals surface area contributed by atoms with E-state index in [0.29, 0.717) is 25.8 Å². The Kier molecular flexibility index (Phi) is 6.95. The molecular weight excluding hydrogens is 274 g/mol. The van der Waals surface area contributed by atoms with Gasteiger partial charge in [0.2, 0.25) is 0 Å². The molecule has 2 nitrogen and oxygen atoms in total. The third kappa shape index (κ3) is 7.45. The Bertz CT molecular complexity index is 378. The van der Waals surface area contributed by atoms with Crippen LogP contribution in [0.25, 0.3) is 0 Å². The van der Waals surface area contributed by atoms with Crippen molar-refractivity contribution < 1.29 is 22.3 Å². The minimum atomic E-state index is -4.28. The highest BCUT2D eigenvalue weighted by atomic mass is 19.4. The molecule has 1 rings (SSSR count). The van der Waals surface area contributed by atoms with E-state index < -0.39 is 12.8 Å². The van der Waals surface area contributed by atoms with Crippen LogP contribution in [0.15, 0.2) is 24.3 Å². The van der Waals surface area contributed by atoms with E-state index in [0.717, 1.165) is 5.56 Å². The summed E-state index contributed by atoms with van der Waals surface area (Å²) >= 11 is 0. The first-order chi connectivity index (χ1) is 9.40. The molecule has 0 aromatic heterocycles. The average molecular weight is 293 g/mol. The smallest absolute Gasteiger partial charge is 0.372 e. The number of rotatable bonds is 8. The molecule has 0 aliphatic heterocycles. The Labute approximate surface area is 115 Å². The summed E-state index contributed by atoms with van der Waals surface area (Å²) in [6.45, 7) is -0.700. The molecule has 20 heavy (non-hydrogen) atoms. The highest BCUT2D eigenvalue weighted by Gasteiger charge is 2.27. The maximum Gasteiger partial charge on any atom is 0.411 e. The summed E-state index contributed by atoms with van der Waals surface area (Å²) in [5, 5.41) is 0. The van der Waals surface area contributed by atoms with Gasteiger partial charge < -0.3 is 10.5 Å². The summed E-state index contributed by atoms with van der Waals surface area (Å²) in [7, 11) is 0. The van der Waals surface area contributed by atoms with Gasteiger partial charge in [-0.05, 0) is 49.4 Å². The van der Waals surface area contributed by atoms with Crippen LogP contribution in [0.2, 0.25) is 0 Å². The van der Waals surface area contributed by atoms with Gasteiger partial charge in [-0.1, -0.05) is 12.1 Å². The Morgan fingerprint density at radius 3 is 2.35 bits per heavy atom. The van der Waals surface area contributed by atoms with Gasteiger partial charge in [0.1, 0.15) is 12.4 Å². The maximum absolute atomic E-state index is 12.8. The van der Waals surface area contributed by atoms with Crippen molar-refractivity contribution in [2.45, 2.75) is 25.4 Å². The summed E-state index contributed by atoms with van der Waals surface area (Å²) < 4.78 is 52.9. The van der Waals surface area contributed by atoms with Crippen molar-refractivity contribution in [2.75, 3.05) is 19.8 Å². The Balaban J connectivity index is 2.24. The molecule has 0 saturated heterocycles. The lowest BCUT2D eigenvalue weighted by Crippen LogP contribution is -2.19. The minimum absolute atomic E-state index is 0.0689. The number of benzene rings is 1. The first-order valence-corrected chi connectivity index (χ1v) is 6.49. The molecule has 0 bridgehead atoms. The highest BCUT2D eigenvalue weighted by Crippen LogP contribution is 2.16. The molecule has 0 aliphatic carbocycles. The third-order valence-corrected chi connectivity index (χ3v) is 2.94. The van der Waals surface area contributed by atoms with Crippen LogP contribution < -0.4 is 5.73 Å². The summed E-state index contributed by atoms with van der Waals surface area (Å²) in [4.78, 5) is 0. The van der Waals surface area contributed by atoms with E-state index in [4.69, 9.17) is 5.73 Å². The normalized spacial score (nSPS) is 13.4. The van der Waals surface area contributed by atoms with Crippen LogP contribution in [-0.4, -0.2) is 25.9 Å². The molecule has 0 radical (unpaired) electrons. The van der Waals surface area contributed by atoms with Crippen LogP contribution in [0.3, 0.4) is 0 Å². The van der Waals surface area contributed by atoms with E-state index in [1.807, 2.05) is 0 Å². The van der Waals surface area contributed by atoms with E-state index in [2.05, 4.69) is 4.74 Å². The molecule has 1 aromatic rings. The number of halogens is 4. The second-order valence-corrected chi connectivity index (χ2v) is 4.74. The number of nitrogens with two attached hydrogens (primary N) is 1. The van der Waals surface area contributed by atoms with Crippen LogP contribution in [0.4, 0.5) is 17.6 Å². The molecule has 0 saturated carbocycles. The van der Waals surface area contributed by atoms with Crippen molar-refractivity contribution in [3.8, 4) is 0 Å². The van der Waals surface area contributed by atoms with Crippen molar-refractivity contribution in [3.63, 3.8) is 0 Å². The van der Waals surface area contributed by atoms with Crippen LogP contribution in [0, 0.1) is 11.7 Å². The van der Waals surface area contributed by atoms with E-state index >= 15 is 0 Å². The fourth-order valence-corrected chi connectivity index (χ4v) is 1.92. The van der Waals surface area contributed by atoms with Gasteiger partial charge in [0, 0.05) is 6.61 Å². The minimum Gasteiger partial charge on any atom is -0.372 e. The van der Waals surface area contributed by atoms with Crippen LogP contribution in [0.1, 0.15) is 18.4 Å². The first kappa shape index (κ1) is 16.9. The van der Waals surface area contributed by atoms with Gasteiger partial charge in [-0.3, -0.25) is 0 Å². The van der Waals surface area contributed by atoms with Crippen molar-refractivity contribution in [1.29, 1.82) is 0 Å². The molecule has 114 valence electrons. The molecule has 0 fully saturated rings. The SMILES string of the molecule is NCC(CCCOCC(F)(F)F)Cc1ccc(F)cc1. The maximum atomic E-state index is 12.8. The molecule has 1 unspecified atom stereocenters. The van der Waals surface area contributed by atoms with E-state index in [9.17, 15) is 17.6 Å². The van der Waals surface area contributed by atoms with Crippen LogP contribution >= 0.6 is 0 Å². The molecule has 0 heterocycles. The van der Waals surface area contributed by atoms with Gasteiger partial charge in [0.05, 0.1) is 0 Å². The van der Waals surface area contributed by atoms with Crippen molar-refractivity contribution in [3.05, 3.63) is 35.6 Å². The highest BCUT2D eigenvalue weighted by molar-refractivity contribution is 5.16. The fraction of sp³-hybridized carbons (Fsp3) is 0.571. The number of alkyl halides is 3. The van der Waals surface area contributed by atoms with Gasteiger partial charge in [0.15, 0.2) is 0 Å². The molecule has 1 aromatic carbocycles. The Hall–Kier alpha value is -1.14. The topological polar surface area (TPSA) is 35.2 Å². The zero-order valence-corrected chi connectivity index (χ0v) is 11.1. The largest absolute Gasteiger partial charge is 0.411 e. The first-order valence-electron chi connectivity index (χ1n) is 6.49. The summed E-state index contributed by atoms with van der Waals surface area (Å²) in [5.74, 6) is -0.131. The lowest BCUT2D eigenvalue weighted by Gasteiger charge is -2.15. The average Bonchev–Trinajstić information content (AvgIpc) is 2.38. The van der Waals surface area contributed by atoms with Gasteiger partial charge >= 0.3 is 6.18 Å². The molecule has 2 N–H and O–H groups in total. The van der Waals surface area contributed by atoms with Crippen LogP contribution in [-0.2, 0) is 11.2 Å². The number of ether oxygens (including phenoxy) is 1. The van der Waals surface area contributed by atoms with Gasteiger partial charge in [0.25, 0.3) is 0 Å². The van der Waals surface area contributed by atoms with Gasteiger partial charge in [-0.15, -0.1) is 0 Å². The zero-order valence-electron chi connectivity index (χ0n) is 11.1. The summed E-state index contributed by atoms with van der Waals surface area (Å²) in [6, 6.07) is 6.15. The number of hydrogen-bond donors (Lipinski definition) is 1. The van der Waals surface area contributed by atoms with Crippen molar-refractivity contribution >= 4 is 0 Å². The summed E-state index contributed by atoms with van der Waals surface area (Å²) in [5.41, 5.74) is 6.61. The Morgan fingerprint density at radius 1 is 1.15 bits per heavy atom. The van der Waals surface area contributed by atoms with E-state index in [1.54, 1.807) is 12.1 Å². The second kappa shape index (κ2) is 8.21. The van der Waals surface area contributed by atoms with Crippen molar-refractivity contribution in [1.82, 2.24) is 0 Å². The monoisotopic (exact) mass is 293 g/mol. The Morgan fingerprint density at radius 2 is 1.80 bits per heavy atom. The fourth-order valence-electron chi connectivity index (χ4n) is 1.92. The van der Waals surface area contributed by atoms with Crippen LogP contribution in [0.5, 0.6) is 0 Å². The summed E-state index contributed by atoms with van der Waals surface area (Å²) in [6.07, 6.45) is -2.37. The van der Waals surface area contributed by atoms with Gasteiger partial charge in [-0.2, -0.15) is 13.2 Å². The molecule has 1 atom stereocenters. The predicted molar refractivity (Wildman–Crippen MR) is 68.8 cm³/mol. The van der Waals surface area contributed by atoms with Crippen molar-refractivity contribution in [2.24, 2.45) is 11.7 Å². The number of hydrogen-bond acceptors (Lipinski definition) is 2. The molecule has 0 spiro atoms. The zero-order chi connectivity index (χ0) is 15.0.